The lowest BCUT2D eigenvalue weighted by atomic mass is 10.6. The lowest BCUT2D eigenvalue weighted by Gasteiger charge is -1.98. The first-order valence-electron chi connectivity index (χ1n) is 2.78. The number of aromatic amines is 1. The van der Waals surface area contributed by atoms with Gasteiger partial charge in [-0.05, 0) is 0 Å². The molecule has 0 aliphatic rings. The van der Waals surface area contributed by atoms with Crippen LogP contribution in [0.3, 0.4) is 0 Å². The Kier molecular flexibility index (Phi) is 2.16. The maximum Gasteiger partial charge on any atom is 0.343 e. The summed E-state index contributed by atoms with van der Waals surface area (Å²) in [5.74, 6) is 0. The van der Waals surface area contributed by atoms with Crippen molar-refractivity contribution in [3.8, 4) is 0 Å². The molecule has 0 aliphatic carbocycles. The van der Waals surface area contributed by atoms with Crippen LogP contribution in [-0.2, 0) is 11.2 Å². The van der Waals surface area contributed by atoms with Crippen LogP contribution in [0.4, 0.5) is 5.69 Å². The molecule has 5 nitrogen and oxygen atoms in total. The number of aromatic nitrogens is 1. The Morgan fingerprint density at radius 2 is 2.36 bits per heavy atom. The SMILES string of the molecule is C[S+]([O-])c1[nH]ccc1[N+](=O)[O-]. The number of nitrogens with zero attached hydrogens (tertiary/aromatic N) is 1. The normalized spacial score (nSPS) is 12.9. The summed E-state index contributed by atoms with van der Waals surface area (Å²) in [6, 6.07) is 1.29. The molecule has 0 bridgehead atoms. The third-order valence-corrected chi connectivity index (χ3v) is 2.07. The predicted octanol–water partition coefficient (Wildman–Crippen LogP) is 0.660. The average molecular weight is 174 g/mol. The van der Waals surface area contributed by atoms with Gasteiger partial charge < -0.3 is 9.54 Å². The molecule has 0 saturated carbocycles. The van der Waals surface area contributed by atoms with Crippen LogP contribution in [0.5, 0.6) is 0 Å². The second-order valence-corrected chi connectivity index (χ2v) is 3.22. The molecule has 6 heteroatoms. The van der Waals surface area contributed by atoms with Gasteiger partial charge in [0, 0.05) is 23.4 Å². The Morgan fingerprint density at radius 3 is 2.73 bits per heavy atom. The topological polar surface area (TPSA) is 82.0 Å². The van der Waals surface area contributed by atoms with Crippen LogP contribution in [0.25, 0.3) is 0 Å². The van der Waals surface area contributed by atoms with Gasteiger partial charge in [-0.2, -0.15) is 0 Å². The highest BCUT2D eigenvalue weighted by Gasteiger charge is 2.22. The summed E-state index contributed by atoms with van der Waals surface area (Å²) < 4.78 is 10.8. The Hall–Kier alpha value is -1.01. The number of nitrogens with one attached hydrogen (secondary N) is 1. The van der Waals surface area contributed by atoms with Gasteiger partial charge in [0.15, 0.2) is 0 Å². The second kappa shape index (κ2) is 2.93. The number of hydrogen-bond donors (Lipinski definition) is 1. The highest BCUT2D eigenvalue weighted by molar-refractivity contribution is 7.90. The first kappa shape index (κ1) is 8.09. The van der Waals surface area contributed by atoms with Gasteiger partial charge in [0.2, 0.25) is 0 Å². The maximum absolute atomic E-state index is 10.8. The van der Waals surface area contributed by atoms with Gasteiger partial charge in [-0.3, -0.25) is 10.1 Å². The lowest BCUT2D eigenvalue weighted by Crippen LogP contribution is -2.01. The van der Waals surface area contributed by atoms with Gasteiger partial charge in [0.05, 0.1) is 4.92 Å². The molecule has 0 aromatic carbocycles. The maximum atomic E-state index is 10.8. The standard InChI is InChI=1S/C5H6N2O3S/c1-11(10)5-4(7(8)9)2-3-6-5/h2-3,6H,1H3. The minimum absolute atomic E-state index is 0.120. The molecule has 1 atom stereocenters. The first-order chi connectivity index (χ1) is 5.13. The van der Waals surface area contributed by atoms with Crippen molar-refractivity contribution in [2.45, 2.75) is 5.03 Å². The summed E-state index contributed by atoms with van der Waals surface area (Å²) in [5, 5.41) is 10.4. The molecule has 1 unspecified atom stereocenters. The Balaban J connectivity index is 3.06. The lowest BCUT2D eigenvalue weighted by molar-refractivity contribution is -0.387. The minimum atomic E-state index is -1.33. The minimum Gasteiger partial charge on any atom is -0.610 e. The summed E-state index contributed by atoms with van der Waals surface area (Å²) in [5.41, 5.74) is -0.120. The van der Waals surface area contributed by atoms with E-state index in [1.54, 1.807) is 0 Å². The fourth-order valence-corrected chi connectivity index (χ4v) is 1.39. The van der Waals surface area contributed by atoms with Crippen LogP contribution >= 0.6 is 0 Å². The van der Waals surface area contributed by atoms with E-state index >= 15 is 0 Å². The summed E-state index contributed by atoms with van der Waals surface area (Å²) >= 11 is -1.33. The molecule has 0 fully saturated rings. The van der Waals surface area contributed by atoms with E-state index in [0.29, 0.717) is 0 Å². The molecule has 0 saturated heterocycles. The molecule has 60 valence electrons. The van der Waals surface area contributed by atoms with Gasteiger partial charge in [-0.25, -0.2) is 0 Å². The number of rotatable bonds is 2. The third kappa shape index (κ3) is 1.52. The van der Waals surface area contributed by atoms with Crippen LogP contribution in [0.15, 0.2) is 17.3 Å². The average Bonchev–Trinajstić information content (AvgIpc) is 2.32. The van der Waals surface area contributed by atoms with Crippen molar-refractivity contribution in [1.82, 2.24) is 4.98 Å². The van der Waals surface area contributed by atoms with Crippen molar-refractivity contribution in [1.29, 1.82) is 0 Å². The van der Waals surface area contributed by atoms with Gasteiger partial charge in [0.1, 0.15) is 6.26 Å². The van der Waals surface area contributed by atoms with E-state index < -0.39 is 16.1 Å². The van der Waals surface area contributed by atoms with E-state index in [2.05, 4.69) is 4.98 Å². The van der Waals surface area contributed by atoms with Crippen LogP contribution < -0.4 is 0 Å². The zero-order valence-corrected chi connectivity index (χ0v) is 6.55. The van der Waals surface area contributed by atoms with Crippen LogP contribution in [0, 0.1) is 10.1 Å². The second-order valence-electron chi connectivity index (χ2n) is 1.90. The number of hydrogen-bond acceptors (Lipinski definition) is 3. The van der Waals surface area contributed by atoms with E-state index in [1.807, 2.05) is 0 Å². The fourth-order valence-electron chi connectivity index (χ4n) is 0.720. The molecule has 0 amide bonds. The third-order valence-electron chi connectivity index (χ3n) is 1.17. The summed E-state index contributed by atoms with van der Waals surface area (Å²) in [6.07, 6.45) is 2.79. The molecule has 1 rings (SSSR count). The van der Waals surface area contributed by atoms with Gasteiger partial charge in [-0.1, -0.05) is 0 Å². The molecule has 1 N–H and O–H groups in total. The molecule has 1 heterocycles. The monoisotopic (exact) mass is 174 g/mol. The molecule has 0 spiro atoms. The summed E-state index contributed by atoms with van der Waals surface area (Å²) in [7, 11) is 0. The van der Waals surface area contributed by atoms with Gasteiger partial charge in [0.25, 0.3) is 0 Å². The van der Waals surface area contributed by atoms with Crippen molar-refractivity contribution in [2.75, 3.05) is 6.26 Å². The Bertz CT molecular complexity index is 270. The largest absolute Gasteiger partial charge is 0.610 e. The zero-order valence-electron chi connectivity index (χ0n) is 5.73. The molecule has 1 aromatic heterocycles. The Labute approximate surface area is 65.8 Å². The van der Waals surface area contributed by atoms with Crippen LogP contribution in [0.1, 0.15) is 0 Å². The van der Waals surface area contributed by atoms with E-state index in [1.165, 1.54) is 18.5 Å². The zero-order chi connectivity index (χ0) is 8.43. The molecule has 0 aliphatic heterocycles. The molecular formula is C5H6N2O3S. The van der Waals surface area contributed by atoms with Crippen molar-refractivity contribution < 1.29 is 9.48 Å². The van der Waals surface area contributed by atoms with Gasteiger partial charge >= 0.3 is 10.7 Å². The van der Waals surface area contributed by atoms with E-state index in [4.69, 9.17) is 0 Å². The quantitative estimate of drug-likeness (QED) is 0.406. The molecular weight excluding hydrogens is 168 g/mol. The van der Waals surface area contributed by atoms with Crippen molar-refractivity contribution in [2.24, 2.45) is 0 Å². The number of H-pyrrole nitrogens is 1. The fraction of sp³-hybridized carbons (Fsp3) is 0.200. The molecule has 1 aromatic rings. The van der Waals surface area contributed by atoms with E-state index in [9.17, 15) is 14.7 Å². The highest BCUT2D eigenvalue weighted by Crippen LogP contribution is 2.20. The van der Waals surface area contributed by atoms with Gasteiger partial charge in [-0.15, -0.1) is 0 Å². The van der Waals surface area contributed by atoms with Crippen LogP contribution in [0.2, 0.25) is 0 Å². The summed E-state index contributed by atoms with van der Waals surface area (Å²) in [4.78, 5) is 12.2. The molecule has 0 radical (unpaired) electrons. The van der Waals surface area contributed by atoms with Crippen molar-refractivity contribution >= 4 is 16.9 Å². The predicted molar refractivity (Wildman–Crippen MR) is 39.8 cm³/mol. The molecule has 11 heavy (non-hydrogen) atoms. The number of nitro groups is 1. The first-order valence-corrected chi connectivity index (χ1v) is 4.34. The Morgan fingerprint density at radius 1 is 1.73 bits per heavy atom. The highest BCUT2D eigenvalue weighted by atomic mass is 32.2. The van der Waals surface area contributed by atoms with E-state index in [0.717, 1.165) is 0 Å². The smallest absolute Gasteiger partial charge is 0.343 e. The van der Waals surface area contributed by atoms with Crippen molar-refractivity contribution in [3.63, 3.8) is 0 Å². The van der Waals surface area contributed by atoms with Crippen LogP contribution in [-0.4, -0.2) is 20.7 Å². The van der Waals surface area contributed by atoms with E-state index in [-0.39, 0.29) is 10.7 Å². The summed E-state index contributed by atoms with van der Waals surface area (Å²) in [6.45, 7) is 0. The van der Waals surface area contributed by atoms with Crippen molar-refractivity contribution in [3.05, 3.63) is 22.4 Å².